The molecule has 0 aromatic heterocycles. The Kier molecular flexibility index (Phi) is 8.15. The molecule has 2 fully saturated rings. The Morgan fingerprint density at radius 3 is 1.53 bits per heavy atom. The van der Waals surface area contributed by atoms with Crippen LogP contribution in [0.4, 0.5) is 0 Å². The molecule has 0 saturated carbocycles. The van der Waals surface area contributed by atoms with Gasteiger partial charge in [0.25, 0.3) is 0 Å². The molecule has 6 heteroatoms. The lowest BCUT2D eigenvalue weighted by Gasteiger charge is -2.24. The van der Waals surface area contributed by atoms with Crippen LogP contribution < -0.4 is 10.6 Å². The van der Waals surface area contributed by atoms with Crippen molar-refractivity contribution in [3.8, 4) is 0 Å². The molecule has 4 rings (SSSR count). The summed E-state index contributed by atoms with van der Waals surface area (Å²) in [4.78, 5) is 5.10. The minimum atomic E-state index is 0.474. The molecular weight excluding hydrogens is 408 g/mol. The van der Waals surface area contributed by atoms with Gasteiger partial charge in [-0.1, -0.05) is 82.3 Å². The number of nitrogens with zero attached hydrogens (tertiary/aromatic N) is 2. The van der Waals surface area contributed by atoms with Crippen LogP contribution in [0.1, 0.15) is 37.1 Å². The summed E-state index contributed by atoms with van der Waals surface area (Å²) in [6, 6.07) is 23.8. The Morgan fingerprint density at radius 2 is 1.13 bits per heavy atom. The van der Waals surface area contributed by atoms with Gasteiger partial charge >= 0.3 is 0 Å². The molecule has 2 heterocycles. The Balaban J connectivity index is 1.13. The third-order valence-corrected chi connectivity index (χ3v) is 8.92. The highest BCUT2D eigenvalue weighted by atomic mass is 33.1. The van der Waals surface area contributed by atoms with Crippen molar-refractivity contribution in [3.63, 3.8) is 0 Å². The molecule has 2 saturated heterocycles. The van der Waals surface area contributed by atoms with Crippen LogP contribution in [0.5, 0.6) is 0 Å². The molecule has 0 unspecified atom stereocenters. The largest absolute Gasteiger partial charge is 0.299 e. The van der Waals surface area contributed by atoms with Gasteiger partial charge < -0.3 is 0 Å². The Morgan fingerprint density at radius 1 is 0.733 bits per heavy atom. The second-order valence-electron chi connectivity index (χ2n) is 8.40. The fourth-order valence-corrected chi connectivity index (χ4v) is 6.81. The maximum Gasteiger partial charge on any atom is 0.0489 e. The van der Waals surface area contributed by atoms with Gasteiger partial charge in [0.15, 0.2) is 0 Å². The maximum absolute atomic E-state index is 3.69. The lowest BCUT2D eigenvalue weighted by molar-refractivity contribution is 0.257. The summed E-state index contributed by atoms with van der Waals surface area (Å²) in [6.45, 7) is 8.87. The van der Waals surface area contributed by atoms with Gasteiger partial charge in [0, 0.05) is 62.1 Å². The third-order valence-electron chi connectivity index (χ3n) is 6.36. The molecule has 2 aliphatic heterocycles. The van der Waals surface area contributed by atoms with Crippen molar-refractivity contribution in [3.05, 3.63) is 71.8 Å². The van der Waals surface area contributed by atoms with Gasteiger partial charge in [-0.3, -0.25) is 20.4 Å². The van der Waals surface area contributed by atoms with Crippen molar-refractivity contribution >= 4 is 21.6 Å². The molecule has 0 radical (unpaired) electrons. The van der Waals surface area contributed by atoms with Gasteiger partial charge in [0.05, 0.1) is 0 Å². The average molecular weight is 443 g/mol. The van der Waals surface area contributed by atoms with Crippen LogP contribution in [0.3, 0.4) is 0 Å². The van der Waals surface area contributed by atoms with Gasteiger partial charge in [0.1, 0.15) is 0 Å². The first-order valence-corrected chi connectivity index (χ1v) is 13.5. The Hall–Kier alpha value is -1.02. The number of rotatable bonds is 9. The predicted octanol–water partition coefficient (Wildman–Crippen LogP) is 4.35. The van der Waals surface area contributed by atoms with E-state index in [1.165, 1.54) is 22.6 Å². The number of benzene rings is 2. The second-order valence-corrected chi connectivity index (χ2v) is 11.0. The standard InChI is InChI=1S/C24H34N4S2/c1-19(21-9-5-3-6-10-21)27-13-23(25-17-27)15-29-30-16-24-14-28(18-26-24)20(2)22-11-7-4-8-12-22/h3-12,19-20,23-26H,13-18H2,1-2H3/t19-,20-,23-,24-/m1/s1. The van der Waals surface area contributed by atoms with Crippen molar-refractivity contribution in [2.75, 3.05) is 37.9 Å². The number of nitrogens with one attached hydrogen (secondary N) is 2. The van der Waals surface area contributed by atoms with Gasteiger partial charge in [-0.05, 0) is 25.0 Å². The fraction of sp³-hybridized carbons (Fsp3) is 0.500. The molecule has 2 N–H and O–H groups in total. The van der Waals surface area contributed by atoms with Crippen LogP contribution in [-0.2, 0) is 0 Å². The summed E-state index contributed by atoms with van der Waals surface area (Å²) < 4.78 is 0. The molecular formula is C24H34N4S2. The van der Waals surface area contributed by atoms with Crippen LogP contribution in [0, 0.1) is 0 Å². The summed E-state index contributed by atoms with van der Waals surface area (Å²) in [7, 11) is 4.04. The van der Waals surface area contributed by atoms with E-state index in [0.29, 0.717) is 24.2 Å². The van der Waals surface area contributed by atoms with Crippen molar-refractivity contribution in [1.29, 1.82) is 0 Å². The molecule has 2 aliphatic rings. The smallest absolute Gasteiger partial charge is 0.0489 e. The second kappa shape index (κ2) is 11.0. The van der Waals surface area contributed by atoms with E-state index in [-0.39, 0.29) is 0 Å². The topological polar surface area (TPSA) is 30.5 Å². The van der Waals surface area contributed by atoms with E-state index in [1.807, 2.05) is 21.6 Å². The molecule has 30 heavy (non-hydrogen) atoms. The highest BCUT2D eigenvalue weighted by Gasteiger charge is 2.28. The normalized spacial score (nSPS) is 24.9. The summed E-state index contributed by atoms with van der Waals surface area (Å²) >= 11 is 0. The van der Waals surface area contributed by atoms with Crippen LogP contribution in [0.2, 0.25) is 0 Å². The van der Waals surface area contributed by atoms with Gasteiger partial charge in [0.2, 0.25) is 0 Å². The zero-order valence-corrected chi connectivity index (χ0v) is 19.7. The first-order valence-electron chi connectivity index (χ1n) is 11.0. The number of hydrogen-bond acceptors (Lipinski definition) is 6. The highest BCUT2D eigenvalue weighted by molar-refractivity contribution is 8.76. The summed E-state index contributed by atoms with van der Waals surface area (Å²) in [5, 5.41) is 7.39. The van der Waals surface area contributed by atoms with Crippen LogP contribution >= 0.6 is 21.6 Å². The molecule has 4 nitrogen and oxygen atoms in total. The van der Waals surface area contributed by atoms with E-state index < -0.39 is 0 Å². The predicted molar refractivity (Wildman–Crippen MR) is 132 cm³/mol. The molecule has 0 amide bonds. The Labute approximate surface area is 189 Å². The molecule has 2 aromatic rings. The van der Waals surface area contributed by atoms with Gasteiger partial charge in [-0.15, -0.1) is 0 Å². The SMILES string of the molecule is C[C@H](c1ccccc1)N1CN[C@@H](CSSC[C@H]2CN([C@H](C)c3ccccc3)CN2)C1. The lowest BCUT2D eigenvalue weighted by atomic mass is 10.1. The minimum Gasteiger partial charge on any atom is -0.299 e. The molecule has 0 aliphatic carbocycles. The molecule has 4 atom stereocenters. The third kappa shape index (κ3) is 5.81. The average Bonchev–Trinajstić information content (AvgIpc) is 3.47. The molecule has 162 valence electrons. The van der Waals surface area contributed by atoms with Crippen LogP contribution in [0.25, 0.3) is 0 Å². The Bertz CT molecular complexity index is 695. The van der Waals surface area contributed by atoms with Crippen LogP contribution in [0.15, 0.2) is 60.7 Å². The van der Waals surface area contributed by atoms with E-state index in [2.05, 4.69) is 94.9 Å². The maximum atomic E-state index is 3.69. The molecule has 0 bridgehead atoms. The molecule has 0 spiro atoms. The summed E-state index contributed by atoms with van der Waals surface area (Å²) in [6.07, 6.45) is 0. The van der Waals surface area contributed by atoms with Crippen molar-refractivity contribution in [1.82, 2.24) is 20.4 Å². The first kappa shape index (κ1) is 22.2. The highest BCUT2D eigenvalue weighted by Crippen LogP contribution is 2.29. The van der Waals surface area contributed by atoms with E-state index >= 15 is 0 Å². The van der Waals surface area contributed by atoms with E-state index in [1.54, 1.807) is 0 Å². The monoisotopic (exact) mass is 442 g/mol. The summed E-state index contributed by atoms with van der Waals surface area (Å²) in [5.74, 6) is 2.33. The fourth-order valence-electron chi connectivity index (χ4n) is 4.28. The minimum absolute atomic E-state index is 0.474. The van der Waals surface area contributed by atoms with E-state index in [0.717, 1.165) is 26.4 Å². The lowest BCUT2D eigenvalue weighted by Crippen LogP contribution is -2.27. The van der Waals surface area contributed by atoms with Crippen LogP contribution in [-0.4, -0.2) is 59.8 Å². The van der Waals surface area contributed by atoms with E-state index in [9.17, 15) is 0 Å². The first-order chi connectivity index (χ1) is 14.7. The van der Waals surface area contributed by atoms with E-state index in [4.69, 9.17) is 0 Å². The summed E-state index contributed by atoms with van der Waals surface area (Å²) in [5.41, 5.74) is 2.81. The molecule has 2 aromatic carbocycles. The number of hydrogen-bond donors (Lipinski definition) is 2. The van der Waals surface area contributed by atoms with Crippen molar-refractivity contribution < 1.29 is 0 Å². The van der Waals surface area contributed by atoms with Gasteiger partial charge in [-0.25, -0.2) is 0 Å². The van der Waals surface area contributed by atoms with Crippen molar-refractivity contribution in [2.24, 2.45) is 0 Å². The zero-order chi connectivity index (χ0) is 20.8. The quantitative estimate of drug-likeness (QED) is 0.443. The van der Waals surface area contributed by atoms with Gasteiger partial charge in [-0.2, -0.15) is 0 Å². The zero-order valence-electron chi connectivity index (χ0n) is 18.0. The van der Waals surface area contributed by atoms with Crippen molar-refractivity contribution in [2.45, 2.75) is 38.0 Å².